The predicted molar refractivity (Wildman–Crippen MR) is 82.8 cm³/mol. The first-order valence-corrected chi connectivity index (χ1v) is 6.75. The van der Waals surface area contributed by atoms with Crippen molar-refractivity contribution in [2.24, 2.45) is 0 Å². The Balaban J connectivity index is 2.03. The lowest BCUT2D eigenvalue weighted by Gasteiger charge is -2.17. The van der Waals surface area contributed by atoms with Gasteiger partial charge in [0.2, 0.25) is 0 Å². The smallest absolute Gasteiger partial charge is 0.122 e. The van der Waals surface area contributed by atoms with Crippen molar-refractivity contribution in [3.8, 4) is 11.5 Å². The second-order valence-electron chi connectivity index (χ2n) is 4.79. The molecule has 3 nitrogen and oxygen atoms in total. The van der Waals surface area contributed by atoms with Crippen LogP contribution in [0.4, 0.5) is 5.69 Å². The maximum Gasteiger partial charge on any atom is 0.122 e. The molecule has 1 unspecified atom stereocenters. The number of nitrogens with one attached hydrogen (secondary N) is 1. The molecule has 0 heterocycles. The number of hydrogen-bond donors (Lipinski definition) is 1. The highest BCUT2D eigenvalue weighted by atomic mass is 16.5. The molecule has 0 aliphatic carbocycles. The minimum Gasteiger partial charge on any atom is -0.497 e. The summed E-state index contributed by atoms with van der Waals surface area (Å²) in [7, 11) is 3.39. The van der Waals surface area contributed by atoms with Crippen molar-refractivity contribution in [2.45, 2.75) is 19.4 Å². The summed E-state index contributed by atoms with van der Waals surface area (Å²) in [6.07, 6.45) is 0.904. The molecule has 2 aromatic rings. The van der Waals surface area contributed by atoms with Gasteiger partial charge in [-0.05, 0) is 37.1 Å². The highest BCUT2D eigenvalue weighted by Crippen LogP contribution is 2.21. The van der Waals surface area contributed by atoms with Gasteiger partial charge in [-0.15, -0.1) is 0 Å². The Kier molecular flexibility index (Phi) is 4.88. The van der Waals surface area contributed by atoms with E-state index in [1.54, 1.807) is 14.2 Å². The Labute approximate surface area is 120 Å². The first-order valence-electron chi connectivity index (χ1n) is 6.75. The number of para-hydroxylation sites is 1. The van der Waals surface area contributed by atoms with E-state index in [4.69, 9.17) is 9.47 Å². The van der Waals surface area contributed by atoms with Crippen molar-refractivity contribution < 1.29 is 9.47 Å². The number of hydrogen-bond acceptors (Lipinski definition) is 3. The van der Waals surface area contributed by atoms with Crippen LogP contribution in [0.5, 0.6) is 11.5 Å². The summed E-state index contributed by atoms with van der Waals surface area (Å²) in [5.41, 5.74) is 2.27. The van der Waals surface area contributed by atoms with Crippen molar-refractivity contribution in [3.63, 3.8) is 0 Å². The van der Waals surface area contributed by atoms with Gasteiger partial charge in [0.25, 0.3) is 0 Å². The highest BCUT2D eigenvalue weighted by molar-refractivity contribution is 5.49. The third-order valence-electron chi connectivity index (χ3n) is 3.20. The molecule has 2 aromatic carbocycles. The van der Waals surface area contributed by atoms with Crippen molar-refractivity contribution >= 4 is 5.69 Å². The number of anilines is 1. The molecule has 0 spiro atoms. The summed E-state index contributed by atoms with van der Waals surface area (Å²) in [6, 6.07) is 16.4. The highest BCUT2D eigenvalue weighted by Gasteiger charge is 2.08. The van der Waals surface area contributed by atoms with Crippen LogP contribution in [0.2, 0.25) is 0 Å². The zero-order chi connectivity index (χ0) is 14.4. The number of methoxy groups -OCH3 is 2. The van der Waals surface area contributed by atoms with Crippen LogP contribution in [0, 0.1) is 0 Å². The summed E-state index contributed by atoms with van der Waals surface area (Å²) in [6.45, 7) is 2.16. The fourth-order valence-corrected chi connectivity index (χ4v) is 2.25. The van der Waals surface area contributed by atoms with E-state index >= 15 is 0 Å². The van der Waals surface area contributed by atoms with Gasteiger partial charge in [0.05, 0.1) is 14.2 Å². The van der Waals surface area contributed by atoms with Crippen LogP contribution in [0.3, 0.4) is 0 Å². The number of benzene rings is 2. The Bertz CT molecular complexity index is 554. The quantitative estimate of drug-likeness (QED) is 0.868. The Morgan fingerprint density at radius 3 is 2.55 bits per heavy atom. The molecule has 2 rings (SSSR count). The monoisotopic (exact) mass is 271 g/mol. The second kappa shape index (κ2) is 6.85. The van der Waals surface area contributed by atoms with Gasteiger partial charge >= 0.3 is 0 Å². The molecule has 106 valence electrons. The molecule has 20 heavy (non-hydrogen) atoms. The van der Waals surface area contributed by atoms with Crippen molar-refractivity contribution in [3.05, 3.63) is 54.1 Å². The average Bonchev–Trinajstić information content (AvgIpc) is 2.48. The summed E-state index contributed by atoms with van der Waals surface area (Å²) in [4.78, 5) is 0. The first kappa shape index (κ1) is 14.3. The fraction of sp³-hybridized carbons (Fsp3) is 0.294. The zero-order valence-corrected chi connectivity index (χ0v) is 12.2. The van der Waals surface area contributed by atoms with Gasteiger partial charge in [-0.2, -0.15) is 0 Å². The van der Waals surface area contributed by atoms with Gasteiger partial charge in [-0.25, -0.2) is 0 Å². The van der Waals surface area contributed by atoms with E-state index < -0.39 is 0 Å². The minimum atomic E-state index is 0.304. The van der Waals surface area contributed by atoms with E-state index in [0.717, 1.165) is 23.6 Å². The lowest BCUT2D eigenvalue weighted by Crippen LogP contribution is -2.18. The molecule has 0 saturated heterocycles. The van der Waals surface area contributed by atoms with E-state index in [1.807, 2.05) is 42.5 Å². The molecular formula is C17H21NO2. The Morgan fingerprint density at radius 2 is 1.80 bits per heavy atom. The summed E-state index contributed by atoms with van der Waals surface area (Å²) >= 11 is 0. The summed E-state index contributed by atoms with van der Waals surface area (Å²) in [5, 5.41) is 3.48. The van der Waals surface area contributed by atoms with Crippen LogP contribution in [-0.4, -0.2) is 20.3 Å². The molecule has 1 N–H and O–H groups in total. The second-order valence-corrected chi connectivity index (χ2v) is 4.79. The molecule has 0 aliphatic heterocycles. The largest absolute Gasteiger partial charge is 0.497 e. The lowest BCUT2D eigenvalue weighted by molar-refractivity contribution is 0.408. The van der Waals surface area contributed by atoms with E-state index in [2.05, 4.69) is 18.3 Å². The van der Waals surface area contributed by atoms with Gasteiger partial charge < -0.3 is 14.8 Å². The zero-order valence-electron chi connectivity index (χ0n) is 12.2. The lowest BCUT2D eigenvalue weighted by atomic mass is 10.1. The summed E-state index contributed by atoms with van der Waals surface area (Å²) in [5.74, 6) is 1.80. The molecule has 0 fully saturated rings. The van der Waals surface area contributed by atoms with Crippen LogP contribution < -0.4 is 14.8 Å². The molecule has 0 amide bonds. The van der Waals surface area contributed by atoms with Crippen LogP contribution in [0.15, 0.2) is 48.5 Å². The molecule has 0 aromatic heterocycles. The number of ether oxygens (including phenoxy) is 2. The maximum absolute atomic E-state index is 5.39. The molecular weight excluding hydrogens is 250 g/mol. The van der Waals surface area contributed by atoms with Gasteiger partial charge in [0.1, 0.15) is 11.5 Å². The normalized spacial score (nSPS) is 11.8. The first-order chi connectivity index (χ1) is 9.72. The predicted octanol–water partition coefficient (Wildman–Crippen LogP) is 3.75. The van der Waals surface area contributed by atoms with Crippen molar-refractivity contribution in [2.75, 3.05) is 19.5 Å². The average molecular weight is 271 g/mol. The molecule has 0 bridgehead atoms. The molecule has 0 radical (unpaired) electrons. The third kappa shape index (κ3) is 3.67. The van der Waals surface area contributed by atoms with Gasteiger partial charge in [-0.3, -0.25) is 0 Å². The topological polar surface area (TPSA) is 30.5 Å². The maximum atomic E-state index is 5.39. The Hall–Kier alpha value is -2.16. The Morgan fingerprint density at radius 1 is 1.00 bits per heavy atom. The fourth-order valence-electron chi connectivity index (χ4n) is 2.25. The van der Waals surface area contributed by atoms with E-state index in [1.165, 1.54) is 5.56 Å². The van der Waals surface area contributed by atoms with Gasteiger partial charge in [0.15, 0.2) is 0 Å². The SMILES string of the molecule is COc1cccc(NC(C)Cc2ccccc2OC)c1. The van der Waals surface area contributed by atoms with E-state index in [0.29, 0.717) is 6.04 Å². The standard InChI is InChI=1S/C17H21NO2/c1-13(11-14-7-4-5-10-17(14)20-3)18-15-8-6-9-16(12-15)19-2/h4-10,12-13,18H,11H2,1-3H3. The van der Waals surface area contributed by atoms with Crippen molar-refractivity contribution in [1.29, 1.82) is 0 Å². The van der Waals surface area contributed by atoms with Gasteiger partial charge in [0, 0.05) is 17.8 Å². The van der Waals surface area contributed by atoms with Crippen LogP contribution in [-0.2, 0) is 6.42 Å². The molecule has 0 aliphatic rings. The van der Waals surface area contributed by atoms with Gasteiger partial charge in [-0.1, -0.05) is 24.3 Å². The minimum absolute atomic E-state index is 0.304. The van der Waals surface area contributed by atoms with E-state index in [-0.39, 0.29) is 0 Å². The van der Waals surface area contributed by atoms with Crippen LogP contribution >= 0.6 is 0 Å². The van der Waals surface area contributed by atoms with Crippen LogP contribution in [0.25, 0.3) is 0 Å². The van der Waals surface area contributed by atoms with Crippen LogP contribution in [0.1, 0.15) is 12.5 Å². The van der Waals surface area contributed by atoms with E-state index in [9.17, 15) is 0 Å². The number of rotatable bonds is 6. The molecule has 1 atom stereocenters. The molecule has 3 heteroatoms. The summed E-state index contributed by atoms with van der Waals surface area (Å²) < 4.78 is 10.6. The molecule has 0 saturated carbocycles. The third-order valence-corrected chi connectivity index (χ3v) is 3.20. The van der Waals surface area contributed by atoms with Crippen molar-refractivity contribution in [1.82, 2.24) is 0 Å².